The lowest BCUT2D eigenvalue weighted by atomic mass is 9.64. The second-order valence-corrected chi connectivity index (χ2v) is 6.75. The van der Waals surface area contributed by atoms with E-state index in [1.54, 1.807) is 0 Å². The highest BCUT2D eigenvalue weighted by Crippen LogP contribution is 2.47. The van der Waals surface area contributed by atoms with Crippen LogP contribution < -0.4 is 5.32 Å². The number of piperidine rings is 1. The van der Waals surface area contributed by atoms with E-state index in [1.165, 1.54) is 42.6 Å². The zero-order valence-corrected chi connectivity index (χ0v) is 14.0. The first-order valence-electron chi connectivity index (χ1n) is 8.62. The third-order valence-corrected chi connectivity index (χ3v) is 5.63. The van der Waals surface area contributed by atoms with E-state index >= 15 is 0 Å². The molecule has 4 nitrogen and oxygen atoms in total. The molecule has 0 amide bonds. The number of rotatable bonds is 2. The average Bonchev–Trinajstić information content (AvgIpc) is 2.62. The summed E-state index contributed by atoms with van der Waals surface area (Å²) in [5.41, 5.74) is 5.47. The van der Waals surface area contributed by atoms with Gasteiger partial charge in [0, 0.05) is 24.2 Å². The minimum atomic E-state index is 0.264. The standard InChI is InChI=1S/C19H24N4/c1-3-23-10-8-19(9-11-23)12-14-13-21-18(20-2)22-17(14)15-6-4-5-7-16(15)19/h4-7,13H,3,8-12H2,1-2H3,(H,20,21,22). The van der Waals surface area contributed by atoms with Crippen LogP contribution in [0.1, 0.15) is 30.9 Å². The number of nitrogens with zero attached hydrogens (tertiary/aromatic N) is 3. The molecular formula is C19H24N4. The minimum absolute atomic E-state index is 0.264. The van der Waals surface area contributed by atoms with Gasteiger partial charge in [0.25, 0.3) is 0 Å². The van der Waals surface area contributed by atoms with E-state index in [0.29, 0.717) is 5.95 Å². The topological polar surface area (TPSA) is 41.1 Å². The lowest BCUT2D eigenvalue weighted by Gasteiger charge is -2.45. The molecule has 0 radical (unpaired) electrons. The van der Waals surface area contributed by atoms with Gasteiger partial charge < -0.3 is 10.2 Å². The van der Waals surface area contributed by atoms with E-state index in [4.69, 9.17) is 4.98 Å². The zero-order valence-electron chi connectivity index (χ0n) is 14.0. The molecule has 2 heterocycles. The van der Waals surface area contributed by atoms with Gasteiger partial charge in [-0.1, -0.05) is 31.2 Å². The Bertz CT molecular complexity index is 717. The van der Waals surface area contributed by atoms with Gasteiger partial charge in [-0.05, 0) is 50.0 Å². The Morgan fingerprint density at radius 2 is 2.00 bits per heavy atom. The molecule has 1 aliphatic carbocycles. The molecule has 120 valence electrons. The number of likely N-dealkylation sites (tertiary alicyclic amines) is 1. The van der Waals surface area contributed by atoms with Crippen LogP contribution >= 0.6 is 0 Å². The Hall–Kier alpha value is -1.94. The summed E-state index contributed by atoms with van der Waals surface area (Å²) in [6.07, 6.45) is 5.55. The van der Waals surface area contributed by atoms with Crippen molar-refractivity contribution < 1.29 is 0 Å². The van der Waals surface area contributed by atoms with E-state index in [1.807, 2.05) is 13.2 Å². The summed E-state index contributed by atoms with van der Waals surface area (Å²) < 4.78 is 0. The first-order chi connectivity index (χ1) is 11.3. The van der Waals surface area contributed by atoms with Crippen molar-refractivity contribution in [2.45, 2.75) is 31.6 Å². The quantitative estimate of drug-likeness (QED) is 0.925. The second kappa shape index (κ2) is 5.60. The summed E-state index contributed by atoms with van der Waals surface area (Å²) in [6.45, 7) is 5.80. The summed E-state index contributed by atoms with van der Waals surface area (Å²) in [6, 6.07) is 8.86. The lowest BCUT2D eigenvalue weighted by molar-refractivity contribution is 0.163. The monoisotopic (exact) mass is 308 g/mol. The van der Waals surface area contributed by atoms with Gasteiger partial charge in [0.15, 0.2) is 0 Å². The Morgan fingerprint density at radius 1 is 1.22 bits per heavy atom. The minimum Gasteiger partial charge on any atom is -0.357 e. The predicted molar refractivity (Wildman–Crippen MR) is 93.7 cm³/mol. The van der Waals surface area contributed by atoms with Crippen molar-refractivity contribution in [2.75, 3.05) is 32.0 Å². The molecule has 4 rings (SSSR count). The van der Waals surface area contributed by atoms with Crippen LogP contribution in [0, 0.1) is 0 Å². The van der Waals surface area contributed by atoms with Crippen molar-refractivity contribution in [2.24, 2.45) is 0 Å². The maximum atomic E-state index is 4.75. The Morgan fingerprint density at radius 3 is 2.74 bits per heavy atom. The Balaban J connectivity index is 1.81. The van der Waals surface area contributed by atoms with E-state index in [-0.39, 0.29) is 5.41 Å². The summed E-state index contributed by atoms with van der Waals surface area (Å²) in [4.78, 5) is 11.8. The summed E-state index contributed by atoms with van der Waals surface area (Å²) >= 11 is 0. The number of nitrogens with one attached hydrogen (secondary N) is 1. The van der Waals surface area contributed by atoms with E-state index < -0.39 is 0 Å². The maximum absolute atomic E-state index is 4.75. The highest BCUT2D eigenvalue weighted by Gasteiger charge is 2.41. The van der Waals surface area contributed by atoms with Crippen molar-refractivity contribution >= 4 is 5.95 Å². The van der Waals surface area contributed by atoms with Gasteiger partial charge in [0.1, 0.15) is 0 Å². The van der Waals surface area contributed by atoms with E-state index in [2.05, 4.69) is 46.4 Å². The number of anilines is 1. The van der Waals surface area contributed by atoms with Gasteiger partial charge in [-0.15, -0.1) is 0 Å². The van der Waals surface area contributed by atoms with Crippen molar-refractivity contribution in [3.05, 3.63) is 41.6 Å². The number of aromatic nitrogens is 2. The fourth-order valence-corrected chi connectivity index (χ4v) is 4.25. The smallest absolute Gasteiger partial charge is 0.222 e. The molecule has 4 heteroatoms. The van der Waals surface area contributed by atoms with E-state index in [0.717, 1.165) is 18.7 Å². The van der Waals surface area contributed by atoms with Gasteiger partial charge in [-0.3, -0.25) is 0 Å². The van der Waals surface area contributed by atoms with Crippen LogP contribution in [0.15, 0.2) is 30.5 Å². The summed E-state index contributed by atoms with van der Waals surface area (Å²) in [7, 11) is 1.87. The van der Waals surface area contributed by atoms with Crippen molar-refractivity contribution in [1.29, 1.82) is 0 Å². The van der Waals surface area contributed by atoms with Crippen LogP contribution in [-0.4, -0.2) is 41.5 Å². The predicted octanol–water partition coefficient (Wildman–Crippen LogP) is 3.09. The van der Waals surface area contributed by atoms with Crippen LogP contribution in [0.25, 0.3) is 11.3 Å². The molecule has 2 aromatic rings. The van der Waals surface area contributed by atoms with Gasteiger partial charge in [0.2, 0.25) is 5.95 Å². The largest absolute Gasteiger partial charge is 0.357 e. The Kier molecular flexibility index (Phi) is 3.57. The molecule has 1 N–H and O–H groups in total. The highest BCUT2D eigenvalue weighted by atomic mass is 15.1. The van der Waals surface area contributed by atoms with E-state index in [9.17, 15) is 0 Å². The Labute approximate surface area is 138 Å². The SMILES string of the molecule is CCN1CCC2(CC1)Cc1cnc(NC)nc1-c1ccccc12. The molecule has 0 atom stereocenters. The number of benzene rings is 1. The molecule has 1 aromatic carbocycles. The summed E-state index contributed by atoms with van der Waals surface area (Å²) in [5.74, 6) is 0.704. The van der Waals surface area contributed by atoms with Crippen LogP contribution in [0.5, 0.6) is 0 Å². The fourth-order valence-electron chi connectivity index (χ4n) is 4.25. The van der Waals surface area contributed by atoms with Gasteiger partial charge in [-0.2, -0.15) is 0 Å². The molecule has 23 heavy (non-hydrogen) atoms. The highest BCUT2D eigenvalue weighted by molar-refractivity contribution is 5.72. The average molecular weight is 308 g/mol. The van der Waals surface area contributed by atoms with Gasteiger partial charge in [0.05, 0.1) is 5.69 Å². The first kappa shape index (κ1) is 14.6. The zero-order chi connectivity index (χ0) is 15.9. The normalized spacial score (nSPS) is 19.2. The van der Waals surface area contributed by atoms with Crippen molar-refractivity contribution in [1.82, 2.24) is 14.9 Å². The molecule has 1 aliphatic heterocycles. The molecule has 0 saturated carbocycles. The molecule has 1 saturated heterocycles. The lowest BCUT2D eigenvalue weighted by Crippen LogP contribution is -2.45. The molecular weight excluding hydrogens is 284 g/mol. The number of hydrogen-bond donors (Lipinski definition) is 1. The molecule has 2 aliphatic rings. The second-order valence-electron chi connectivity index (χ2n) is 6.75. The van der Waals surface area contributed by atoms with Crippen LogP contribution in [-0.2, 0) is 11.8 Å². The van der Waals surface area contributed by atoms with Crippen LogP contribution in [0.4, 0.5) is 5.95 Å². The van der Waals surface area contributed by atoms with Gasteiger partial charge >= 0.3 is 0 Å². The fraction of sp³-hybridized carbons (Fsp3) is 0.474. The van der Waals surface area contributed by atoms with Crippen molar-refractivity contribution in [3.63, 3.8) is 0 Å². The van der Waals surface area contributed by atoms with Gasteiger partial charge in [-0.25, -0.2) is 9.97 Å². The molecule has 1 fully saturated rings. The summed E-state index contributed by atoms with van der Waals surface area (Å²) in [5, 5.41) is 3.06. The number of hydrogen-bond acceptors (Lipinski definition) is 4. The number of fused-ring (bicyclic) bond motifs is 4. The molecule has 0 bridgehead atoms. The molecule has 1 spiro atoms. The maximum Gasteiger partial charge on any atom is 0.222 e. The van der Waals surface area contributed by atoms with Crippen molar-refractivity contribution in [3.8, 4) is 11.3 Å². The van der Waals surface area contributed by atoms with Crippen LogP contribution in [0.2, 0.25) is 0 Å². The van der Waals surface area contributed by atoms with Crippen LogP contribution in [0.3, 0.4) is 0 Å². The molecule has 0 unspecified atom stereocenters. The third-order valence-electron chi connectivity index (χ3n) is 5.63. The third kappa shape index (κ3) is 2.32. The first-order valence-corrected chi connectivity index (χ1v) is 8.62. The molecule has 1 aromatic heterocycles.